The molecule has 0 radical (unpaired) electrons. The number of anilines is 1. The molecule has 0 unspecified atom stereocenters. The van der Waals surface area contributed by atoms with Gasteiger partial charge in [-0.05, 0) is 30.3 Å². The minimum atomic E-state index is -0.225. The first-order chi connectivity index (χ1) is 16.0. The van der Waals surface area contributed by atoms with Gasteiger partial charge >= 0.3 is 0 Å². The molecule has 3 aromatic carbocycles. The molecule has 4 aromatic rings. The Hall–Kier alpha value is -3.30. The minimum Gasteiger partial charge on any atom is -0.325 e. The average Bonchev–Trinajstić information content (AvgIpc) is 2.83. The third kappa shape index (κ3) is 5.55. The van der Waals surface area contributed by atoms with E-state index in [0.29, 0.717) is 37.6 Å². The number of carbonyl (C=O) groups excluding carboxylic acids is 1. The number of benzene rings is 3. The van der Waals surface area contributed by atoms with Gasteiger partial charge < -0.3 is 5.32 Å². The predicted octanol–water partition coefficient (Wildman–Crippen LogP) is 7.32. The van der Waals surface area contributed by atoms with Crippen LogP contribution in [-0.2, 0) is 4.79 Å². The van der Waals surface area contributed by atoms with Crippen molar-refractivity contribution in [1.82, 2.24) is 4.98 Å². The van der Waals surface area contributed by atoms with Crippen molar-refractivity contribution in [3.63, 3.8) is 0 Å². The van der Waals surface area contributed by atoms with E-state index in [-0.39, 0.29) is 11.7 Å². The highest BCUT2D eigenvalue weighted by molar-refractivity contribution is 8.00. The van der Waals surface area contributed by atoms with Crippen molar-refractivity contribution in [2.24, 2.45) is 0 Å². The van der Waals surface area contributed by atoms with Crippen LogP contribution in [0.15, 0.2) is 90.0 Å². The number of pyridine rings is 1. The molecule has 0 aliphatic rings. The maximum Gasteiger partial charge on any atom is 0.234 e. The molecule has 0 bridgehead atoms. The summed E-state index contributed by atoms with van der Waals surface area (Å²) in [6, 6.07) is 28.1. The largest absolute Gasteiger partial charge is 0.325 e. The molecule has 1 aromatic heterocycles. The molecule has 0 saturated heterocycles. The van der Waals surface area contributed by atoms with Gasteiger partial charge in [0.15, 0.2) is 0 Å². The SMILES string of the molecule is N#Cc1c(-c2ccccc2Cl)cc(-c2ccccc2)nc1SCC(=O)Nc1cccc(Cl)c1. The zero-order valence-corrected chi connectivity index (χ0v) is 19.6. The van der Waals surface area contributed by atoms with Gasteiger partial charge in [0.1, 0.15) is 11.1 Å². The summed E-state index contributed by atoms with van der Waals surface area (Å²) in [5.41, 5.74) is 4.00. The number of rotatable bonds is 6. The van der Waals surface area contributed by atoms with Crippen molar-refractivity contribution in [3.05, 3.63) is 101 Å². The summed E-state index contributed by atoms with van der Waals surface area (Å²) in [5, 5.41) is 14.3. The van der Waals surface area contributed by atoms with Gasteiger partial charge in [-0.15, -0.1) is 0 Å². The van der Waals surface area contributed by atoms with E-state index < -0.39 is 0 Å². The maximum atomic E-state index is 12.6. The van der Waals surface area contributed by atoms with Gasteiger partial charge in [-0.25, -0.2) is 4.98 Å². The summed E-state index contributed by atoms with van der Waals surface area (Å²) in [7, 11) is 0. The van der Waals surface area contributed by atoms with Crippen molar-refractivity contribution in [2.75, 3.05) is 11.1 Å². The molecule has 0 saturated carbocycles. The van der Waals surface area contributed by atoms with Gasteiger partial charge in [0.25, 0.3) is 0 Å². The predicted molar refractivity (Wildman–Crippen MR) is 136 cm³/mol. The molecule has 0 spiro atoms. The lowest BCUT2D eigenvalue weighted by atomic mass is 9.99. The topological polar surface area (TPSA) is 65.8 Å². The molecule has 0 atom stereocenters. The number of nitrogens with one attached hydrogen (secondary N) is 1. The number of halogens is 2. The van der Waals surface area contributed by atoms with Crippen LogP contribution in [0.4, 0.5) is 5.69 Å². The fourth-order valence-electron chi connectivity index (χ4n) is 3.28. The minimum absolute atomic E-state index is 0.0778. The Bertz CT molecular complexity index is 1350. The molecule has 4 nitrogen and oxygen atoms in total. The van der Waals surface area contributed by atoms with Crippen LogP contribution in [0.1, 0.15) is 5.56 Å². The van der Waals surface area contributed by atoms with E-state index in [2.05, 4.69) is 11.4 Å². The number of aromatic nitrogens is 1. The van der Waals surface area contributed by atoms with Crippen molar-refractivity contribution < 1.29 is 4.79 Å². The number of hydrogen-bond donors (Lipinski definition) is 1. The monoisotopic (exact) mass is 489 g/mol. The second-order valence-electron chi connectivity index (χ2n) is 7.04. The molecule has 4 rings (SSSR count). The quantitative estimate of drug-likeness (QED) is 0.288. The Labute approximate surface area is 206 Å². The highest BCUT2D eigenvalue weighted by Gasteiger charge is 2.18. The zero-order valence-electron chi connectivity index (χ0n) is 17.3. The highest BCUT2D eigenvalue weighted by atomic mass is 35.5. The number of nitrogens with zero attached hydrogens (tertiary/aromatic N) is 2. The second-order valence-corrected chi connectivity index (χ2v) is 8.85. The Morgan fingerprint density at radius 1 is 0.939 bits per heavy atom. The first-order valence-electron chi connectivity index (χ1n) is 9.99. The van der Waals surface area contributed by atoms with Crippen LogP contribution in [0.2, 0.25) is 10.0 Å². The normalized spacial score (nSPS) is 10.5. The zero-order chi connectivity index (χ0) is 23.2. The number of thioether (sulfide) groups is 1. The molecule has 1 N–H and O–H groups in total. The highest BCUT2D eigenvalue weighted by Crippen LogP contribution is 2.37. The molecule has 162 valence electrons. The first-order valence-corrected chi connectivity index (χ1v) is 11.7. The third-order valence-electron chi connectivity index (χ3n) is 4.78. The van der Waals surface area contributed by atoms with Crippen LogP contribution in [0.5, 0.6) is 0 Å². The van der Waals surface area contributed by atoms with E-state index in [1.54, 1.807) is 30.3 Å². The van der Waals surface area contributed by atoms with E-state index in [4.69, 9.17) is 28.2 Å². The third-order valence-corrected chi connectivity index (χ3v) is 6.32. The Morgan fingerprint density at radius 3 is 2.42 bits per heavy atom. The molecule has 0 aliphatic carbocycles. The van der Waals surface area contributed by atoms with E-state index in [0.717, 1.165) is 11.1 Å². The van der Waals surface area contributed by atoms with Gasteiger partial charge in [-0.3, -0.25) is 4.79 Å². The first kappa shape index (κ1) is 22.9. The number of carbonyl (C=O) groups is 1. The fourth-order valence-corrected chi connectivity index (χ4v) is 4.51. The van der Waals surface area contributed by atoms with Gasteiger partial charge in [0, 0.05) is 32.4 Å². The lowest BCUT2D eigenvalue weighted by molar-refractivity contribution is -0.113. The fraction of sp³-hybridized carbons (Fsp3) is 0.0385. The van der Waals surface area contributed by atoms with Crippen LogP contribution in [0.25, 0.3) is 22.4 Å². The van der Waals surface area contributed by atoms with Gasteiger partial charge in [-0.1, -0.05) is 89.6 Å². The maximum absolute atomic E-state index is 12.6. The van der Waals surface area contributed by atoms with Gasteiger partial charge in [0.2, 0.25) is 5.91 Å². The molecule has 1 amide bonds. The lowest BCUT2D eigenvalue weighted by Crippen LogP contribution is -2.14. The van der Waals surface area contributed by atoms with Crippen molar-refractivity contribution in [1.29, 1.82) is 5.26 Å². The van der Waals surface area contributed by atoms with E-state index in [9.17, 15) is 10.1 Å². The number of nitriles is 1. The van der Waals surface area contributed by atoms with Crippen LogP contribution in [0.3, 0.4) is 0 Å². The molecule has 33 heavy (non-hydrogen) atoms. The molecule has 0 fully saturated rings. The van der Waals surface area contributed by atoms with Crippen LogP contribution >= 0.6 is 35.0 Å². The van der Waals surface area contributed by atoms with Crippen molar-refractivity contribution >= 4 is 46.6 Å². The molecular formula is C26H17Cl2N3OS. The van der Waals surface area contributed by atoms with Crippen LogP contribution in [0, 0.1) is 11.3 Å². The summed E-state index contributed by atoms with van der Waals surface area (Å²) < 4.78 is 0. The molecule has 1 heterocycles. The van der Waals surface area contributed by atoms with Crippen LogP contribution < -0.4 is 5.32 Å². The standard InChI is InChI=1S/C26H17Cl2N3OS/c27-18-9-6-10-19(13-18)30-25(32)16-33-26-22(15-29)21(20-11-4-5-12-23(20)28)14-24(31-26)17-7-2-1-3-8-17/h1-14H,16H2,(H,30,32). The lowest BCUT2D eigenvalue weighted by Gasteiger charge is -2.13. The molecule has 7 heteroatoms. The summed E-state index contributed by atoms with van der Waals surface area (Å²) in [5.74, 6) is -0.147. The summed E-state index contributed by atoms with van der Waals surface area (Å²) >= 11 is 13.7. The molecule has 0 aliphatic heterocycles. The Morgan fingerprint density at radius 2 is 1.70 bits per heavy atom. The van der Waals surface area contributed by atoms with E-state index in [1.807, 2.05) is 54.6 Å². The van der Waals surface area contributed by atoms with E-state index in [1.165, 1.54) is 11.8 Å². The summed E-state index contributed by atoms with van der Waals surface area (Å²) in [6.45, 7) is 0. The molecular weight excluding hydrogens is 473 g/mol. The second kappa shape index (κ2) is 10.5. The van der Waals surface area contributed by atoms with Crippen molar-refractivity contribution in [3.8, 4) is 28.5 Å². The number of hydrogen-bond acceptors (Lipinski definition) is 4. The van der Waals surface area contributed by atoms with Crippen LogP contribution in [-0.4, -0.2) is 16.6 Å². The summed E-state index contributed by atoms with van der Waals surface area (Å²) in [6.07, 6.45) is 0. The average molecular weight is 490 g/mol. The van der Waals surface area contributed by atoms with Gasteiger partial charge in [-0.2, -0.15) is 5.26 Å². The summed E-state index contributed by atoms with van der Waals surface area (Å²) in [4.78, 5) is 17.3. The van der Waals surface area contributed by atoms with Gasteiger partial charge in [0.05, 0.1) is 17.0 Å². The number of amides is 1. The Kier molecular flexibility index (Phi) is 7.31. The van der Waals surface area contributed by atoms with E-state index >= 15 is 0 Å². The smallest absolute Gasteiger partial charge is 0.234 e. The van der Waals surface area contributed by atoms with Crippen molar-refractivity contribution in [2.45, 2.75) is 5.03 Å². The Balaban J connectivity index is 1.70.